The summed E-state index contributed by atoms with van der Waals surface area (Å²) in [7, 11) is 0. The van der Waals surface area contributed by atoms with Crippen LogP contribution in [0.5, 0.6) is 0 Å². The molecule has 1 aliphatic heterocycles. The fourth-order valence-corrected chi connectivity index (χ4v) is 2.35. The van der Waals surface area contributed by atoms with Crippen LogP contribution in [0.4, 0.5) is 5.69 Å². The summed E-state index contributed by atoms with van der Waals surface area (Å²) in [5.74, 6) is -0.193. The summed E-state index contributed by atoms with van der Waals surface area (Å²) in [6.45, 7) is 5.04. The predicted octanol–water partition coefficient (Wildman–Crippen LogP) is 2.45. The second-order valence-corrected chi connectivity index (χ2v) is 5.54. The van der Waals surface area contributed by atoms with Crippen LogP contribution in [0.25, 0.3) is 0 Å². The molecule has 2 rings (SSSR count). The van der Waals surface area contributed by atoms with E-state index in [1.165, 1.54) is 11.3 Å². The van der Waals surface area contributed by atoms with Gasteiger partial charge < -0.3 is 9.80 Å². The fourth-order valence-electron chi connectivity index (χ4n) is 2.08. The van der Waals surface area contributed by atoms with Gasteiger partial charge >= 0.3 is 0 Å². The van der Waals surface area contributed by atoms with Crippen LogP contribution in [0.15, 0.2) is 24.3 Å². The van der Waals surface area contributed by atoms with E-state index in [0.29, 0.717) is 13.1 Å². The number of carbonyl (C=O) groups excluding carboxylic acids is 1. The number of rotatable bonds is 2. The lowest BCUT2D eigenvalue weighted by atomic mass is 10.2. The van der Waals surface area contributed by atoms with Crippen molar-refractivity contribution < 1.29 is 4.79 Å². The van der Waals surface area contributed by atoms with E-state index in [9.17, 15) is 4.79 Å². The lowest BCUT2D eigenvalue weighted by Crippen LogP contribution is -2.50. The molecule has 3 nitrogen and oxygen atoms in total. The molecule has 1 saturated heterocycles. The summed E-state index contributed by atoms with van der Waals surface area (Å²) in [6, 6.07) is 8.41. The molecule has 1 aliphatic rings. The summed E-state index contributed by atoms with van der Waals surface area (Å²) >= 11 is 11.2. The van der Waals surface area contributed by atoms with Gasteiger partial charge in [0.05, 0.1) is 0 Å². The van der Waals surface area contributed by atoms with Crippen LogP contribution in [0, 0.1) is 6.92 Å². The maximum absolute atomic E-state index is 11.6. The molecule has 0 aromatic heterocycles. The zero-order valence-electron chi connectivity index (χ0n) is 10.3. The van der Waals surface area contributed by atoms with Gasteiger partial charge in [0.25, 0.3) is 5.91 Å². The van der Waals surface area contributed by atoms with Crippen molar-refractivity contribution in [3.05, 3.63) is 29.8 Å². The van der Waals surface area contributed by atoms with Crippen LogP contribution in [0.3, 0.4) is 0 Å². The smallest absolute Gasteiger partial charge is 0.255 e. The minimum Gasteiger partial charge on any atom is -0.368 e. The first kappa shape index (κ1) is 13.5. The molecule has 1 aromatic rings. The SMILES string of the molecule is Cc1ccc(N2CCN(C(=O)C(Cl)Cl)CC2)cc1. The second-order valence-electron chi connectivity index (χ2n) is 4.45. The molecule has 98 valence electrons. The first-order valence-electron chi connectivity index (χ1n) is 5.96. The summed E-state index contributed by atoms with van der Waals surface area (Å²) in [5, 5.41) is 0. The lowest BCUT2D eigenvalue weighted by Gasteiger charge is -2.36. The molecule has 0 radical (unpaired) electrons. The second kappa shape index (κ2) is 5.81. The average Bonchev–Trinajstić information content (AvgIpc) is 2.39. The third-order valence-electron chi connectivity index (χ3n) is 3.18. The van der Waals surface area contributed by atoms with E-state index in [1.807, 2.05) is 0 Å². The van der Waals surface area contributed by atoms with Crippen molar-refractivity contribution in [1.29, 1.82) is 0 Å². The van der Waals surface area contributed by atoms with E-state index < -0.39 is 4.84 Å². The number of hydrogen-bond donors (Lipinski definition) is 0. The Morgan fingerprint density at radius 3 is 2.17 bits per heavy atom. The van der Waals surface area contributed by atoms with Crippen molar-refractivity contribution in [2.75, 3.05) is 31.1 Å². The van der Waals surface area contributed by atoms with Crippen LogP contribution in [0.1, 0.15) is 5.56 Å². The normalized spacial score (nSPS) is 16.2. The van der Waals surface area contributed by atoms with Gasteiger partial charge in [-0.3, -0.25) is 4.79 Å². The van der Waals surface area contributed by atoms with Gasteiger partial charge in [-0.25, -0.2) is 0 Å². The summed E-state index contributed by atoms with van der Waals surface area (Å²) < 4.78 is 0. The monoisotopic (exact) mass is 286 g/mol. The quantitative estimate of drug-likeness (QED) is 0.780. The molecule has 0 N–H and O–H groups in total. The zero-order chi connectivity index (χ0) is 13.1. The largest absolute Gasteiger partial charge is 0.368 e. The Labute approximate surface area is 117 Å². The number of halogens is 2. The highest BCUT2D eigenvalue weighted by molar-refractivity contribution is 6.53. The molecule has 0 aliphatic carbocycles. The van der Waals surface area contributed by atoms with Gasteiger partial charge in [-0.05, 0) is 19.1 Å². The molecule has 0 atom stereocenters. The third kappa shape index (κ3) is 3.09. The van der Waals surface area contributed by atoms with Gasteiger partial charge in [-0.1, -0.05) is 40.9 Å². The number of amides is 1. The molecule has 1 aromatic carbocycles. The van der Waals surface area contributed by atoms with Gasteiger partial charge in [0.1, 0.15) is 0 Å². The van der Waals surface area contributed by atoms with Crippen molar-refractivity contribution in [1.82, 2.24) is 4.90 Å². The topological polar surface area (TPSA) is 23.6 Å². The van der Waals surface area contributed by atoms with Gasteiger partial charge in [0, 0.05) is 31.9 Å². The highest BCUT2D eigenvalue weighted by atomic mass is 35.5. The Kier molecular flexibility index (Phi) is 4.36. The highest BCUT2D eigenvalue weighted by Crippen LogP contribution is 2.18. The van der Waals surface area contributed by atoms with E-state index >= 15 is 0 Å². The molecule has 5 heteroatoms. The van der Waals surface area contributed by atoms with Gasteiger partial charge in [-0.2, -0.15) is 0 Å². The van der Waals surface area contributed by atoms with Crippen molar-refractivity contribution in [2.45, 2.75) is 11.8 Å². The zero-order valence-corrected chi connectivity index (χ0v) is 11.8. The van der Waals surface area contributed by atoms with E-state index in [-0.39, 0.29) is 5.91 Å². The molecule has 0 bridgehead atoms. The fraction of sp³-hybridized carbons (Fsp3) is 0.462. The Bertz CT molecular complexity index is 412. The maximum Gasteiger partial charge on any atom is 0.255 e. The van der Waals surface area contributed by atoms with Gasteiger partial charge in [-0.15, -0.1) is 0 Å². The van der Waals surface area contributed by atoms with Gasteiger partial charge in [0.2, 0.25) is 0 Å². The van der Waals surface area contributed by atoms with Crippen LogP contribution < -0.4 is 4.90 Å². The molecule has 1 amide bonds. The minimum atomic E-state index is -0.948. The van der Waals surface area contributed by atoms with E-state index in [2.05, 4.69) is 36.1 Å². The number of alkyl halides is 2. The van der Waals surface area contributed by atoms with E-state index in [1.54, 1.807) is 4.90 Å². The Morgan fingerprint density at radius 1 is 1.11 bits per heavy atom. The number of benzene rings is 1. The third-order valence-corrected chi connectivity index (χ3v) is 3.55. The van der Waals surface area contributed by atoms with Crippen molar-refractivity contribution in [3.8, 4) is 0 Å². The van der Waals surface area contributed by atoms with Crippen molar-refractivity contribution >= 4 is 34.8 Å². The number of aryl methyl sites for hydroxylation is 1. The molecule has 1 heterocycles. The van der Waals surface area contributed by atoms with Crippen LogP contribution in [-0.4, -0.2) is 41.8 Å². The molecular weight excluding hydrogens is 271 g/mol. The number of piperazine rings is 1. The van der Waals surface area contributed by atoms with Crippen molar-refractivity contribution in [2.24, 2.45) is 0 Å². The number of anilines is 1. The van der Waals surface area contributed by atoms with Crippen LogP contribution in [0.2, 0.25) is 0 Å². The standard InChI is InChI=1S/C13H16Cl2N2O/c1-10-2-4-11(5-3-10)16-6-8-17(9-7-16)13(18)12(14)15/h2-5,12H,6-9H2,1H3. The summed E-state index contributed by atoms with van der Waals surface area (Å²) in [6.07, 6.45) is 0. The number of nitrogens with zero attached hydrogens (tertiary/aromatic N) is 2. The molecule has 0 saturated carbocycles. The minimum absolute atomic E-state index is 0.193. The molecular formula is C13H16Cl2N2O. The molecule has 18 heavy (non-hydrogen) atoms. The van der Waals surface area contributed by atoms with Crippen LogP contribution in [-0.2, 0) is 4.79 Å². The molecule has 0 unspecified atom stereocenters. The Balaban J connectivity index is 1.94. The van der Waals surface area contributed by atoms with Crippen molar-refractivity contribution in [3.63, 3.8) is 0 Å². The summed E-state index contributed by atoms with van der Waals surface area (Å²) in [5.41, 5.74) is 2.45. The lowest BCUT2D eigenvalue weighted by molar-refractivity contribution is -0.129. The van der Waals surface area contributed by atoms with E-state index in [0.717, 1.165) is 13.1 Å². The highest BCUT2D eigenvalue weighted by Gasteiger charge is 2.24. The summed E-state index contributed by atoms with van der Waals surface area (Å²) in [4.78, 5) is 14.7. The van der Waals surface area contributed by atoms with Gasteiger partial charge in [0.15, 0.2) is 4.84 Å². The molecule has 1 fully saturated rings. The Hall–Kier alpha value is -0.930. The Morgan fingerprint density at radius 2 is 1.67 bits per heavy atom. The maximum atomic E-state index is 11.6. The first-order chi connectivity index (χ1) is 8.58. The number of hydrogen-bond acceptors (Lipinski definition) is 2. The molecule has 0 spiro atoms. The number of carbonyl (C=O) groups is 1. The first-order valence-corrected chi connectivity index (χ1v) is 6.84. The van der Waals surface area contributed by atoms with E-state index in [4.69, 9.17) is 23.2 Å². The predicted molar refractivity (Wildman–Crippen MR) is 75.5 cm³/mol. The average molecular weight is 287 g/mol. The van der Waals surface area contributed by atoms with Crippen LogP contribution >= 0.6 is 23.2 Å².